The zero-order valence-corrected chi connectivity index (χ0v) is 10.8. The van der Waals surface area contributed by atoms with Crippen LogP contribution in [0.15, 0.2) is 24.5 Å². The highest BCUT2D eigenvalue weighted by Gasteiger charge is 2.08. The van der Waals surface area contributed by atoms with Crippen LogP contribution in [0.3, 0.4) is 0 Å². The van der Waals surface area contributed by atoms with Crippen molar-refractivity contribution in [2.75, 3.05) is 0 Å². The average molecular weight is 288 g/mol. The minimum Gasteiger partial charge on any atom is -0.346 e. The van der Waals surface area contributed by atoms with Gasteiger partial charge in [-0.2, -0.15) is 0 Å². The Morgan fingerprint density at radius 1 is 1.35 bits per heavy atom. The number of hydrogen-bond acceptors (Lipinski definition) is 4. The van der Waals surface area contributed by atoms with E-state index in [-0.39, 0.29) is 16.8 Å². The summed E-state index contributed by atoms with van der Waals surface area (Å²) in [6.07, 6.45) is 2.74. The molecule has 1 amide bonds. The first-order valence-corrected chi connectivity index (χ1v) is 6.22. The lowest BCUT2D eigenvalue weighted by molar-refractivity contribution is 0.0946. The fourth-order valence-electron chi connectivity index (χ4n) is 1.16. The van der Waals surface area contributed by atoms with Crippen molar-refractivity contribution in [3.05, 3.63) is 44.6 Å². The summed E-state index contributed by atoms with van der Waals surface area (Å²) in [6.45, 7) is 0.407. The third-order valence-electron chi connectivity index (χ3n) is 1.89. The molecule has 0 radical (unpaired) electrons. The summed E-state index contributed by atoms with van der Waals surface area (Å²) in [5, 5.41) is 2.90. The first-order valence-electron chi connectivity index (χ1n) is 4.65. The summed E-state index contributed by atoms with van der Waals surface area (Å²) in [5.74, 6) is -0.315. The van der Waals surface area contributed by atoms with Crippen molar-refractivity contribution in [3.8, 4) is 0 Å². The second-order valence-electron chi connectivity index (χ2n) is 3.12. The van der Waals surface area contributed by atoms with Crippen molar-refractivity contribution < 1.29 is 4.79 Å². The number of halogens is 2. The van der Waals surface area contributed by atoms with Crippen LogP contribution >= 0.6 is 34.5 Å². The van der Waals surface area contributed by atoms with Crippen LogP contribution in [0.4, 0.5) is 0 Å². The molecule has 0 unspecified atom stereocenters. The van der Waals surface area contributed by atoms with E-state index in [1.165, 1.54) is 23.7 Å². The summed E-state index contributed by atoms with van der Waals surface area (Å²) < 4.78 is 0.691. The highest BCUT2D eigenvalue weighted by molar-refractivity contribution is 7.16. The summed E-state index contributed by atoms with van der Waals surface area (Å²) in [5.41, 5.74) is 0.195. The Balaban J connectivity index is 1.98. The molecule has 0 aliphatic heterocycles. The van der Waals surface area contributed by atoms with Crippen LogP contribution in [0.5, 0.6) is 0 Å². The number of nitrogens with one attached hydrogen (secondary N) is 1. The van der Waals surface area contributed by atoms with E-state index < -0.39 is 0 Å². The molecule has 0 saturated heterocycles. The Morgan fingerprint density at radius 2 is 2.18 bits per heavy atom. The Bertz CT molecular complexity index is 544. The van der Waals surface area contributed by atoms with Crippen LogP contribution in [0.2, 0.25) is 9.49 Å². The van der Waals surface area contributed by atoms with Crippen LogP contribution in [0, 0.1) is 0 Å². The molecular weight excluding hydrogens is 281 g/mol. The largest absolute Gasteiger partial charge is 0.346 e. The van der Waals surface area contributed by atoms with Gasteiger partial charge < -0.3 is 5.32 Å². The van der Waals surface area contributed by atoms with Crippen LogP contribution in [-0.4, -0.2) is 15.9 Å². The molecule has 88 valence electrons. The Hall–Kier alpha value is -1.17. The molecular formula is C10H7Cl2N3OS. The lowest BCUT2D eigenvalue weighted by Crippen LogP contribution is -2.23. The second-order valence-corrected chi connectivity index (χ2v) is 5.30. The number of rotatable bonds is 3. The lowest BCUT2D eigenvalue weighted by Gasteiger charge is -2.02. The Kier molecular flexibility index (Phi) is 3.93. The molecule has 4 nitrogen and oxygen atoms in total. The highest BCUT2D eigenvalue weighted by atomic mass is 35.5. The highest BCUT2D eigenvalue weighted by Crippen LogP contribution is 2.21. The van der Waals surface area contributed by atoms with Crippen molar-refractivity contribution in [2.24, 2.45) is 0 Å². The van der Waals surface area contributed by atoms with E-state index in [2.05, 4.69) is 15.3 Å². The van der Waals surface area contributed by atoms with Gasteiger partial charge in [0.05, 0.1) is 23.3 Å². The van der Waals surface area contributed by atoms with Gasteiger partial charge in [-0.15, -0.1) is 11.3 Å². The van der Waals surface area contributed by atoms with Gasteiger partial charge in [-0.3, -0.25) is 9.78 Å². The van der Waals surface area contributed by atoms with Crippen LogP contribution in [0.25, 0.3) is 0 Å². The number of thiophene rings is 1. The normalized spacial score (nSPS) is 10.2. The van der Waals surface area contributed by atoms with Gasteiger partial charge in [0.25, 0.3) is 5.91 Å². The Morgan fingerprint density at radius 3 is 2.82 bits per heavy atom. The molecule has 2 aromatic heterocycles. The zero-order chi connectivity index (χ0) is 12.3. The van der Waals surface area contributed by atoms with E-state index in [9.17, 15) is 4.79 Å². The molecule has 2 aromatic rings. The van der Waals surface area contributed by atoms with Crippen molar-refractivity contribution in [1.82, 2.24) is 15.3 Å². The fraction of sp³-hybridized carbons (Fsp3) is 0.100. The van der Waals surface area contributed by atoms with Crippen molar-refractivity contribution in [3.63, 3.8) is 0 Å². The molecule has 2 heterocycles. The number of amides is 1. The topological polar surface area (TPSA) is 54.9 Å². The molecule has 0 spiro atoms. The van der Waals surface area contributed by atoms with Crippen LogP contribution in [0.1, 0.15) is 15.4 Å². The molecule has 17 heavy (non-hydrogen) atoms. The average Bonchev–Trinajstić information content (AvgIpc) is 2.72. The van der Waals surface area contributed by atoms with Gasteiger partial charge in [0, 0.05) is 4.88 Å². The molecule has 1 N–H and O–H groups in total. The lowest BCUT2D eigenvalue weighted by atomic mass is 10.4. The third-order valence-corrected chi connectivity index (χ3v) is 3.30. The fourth-order valence-corrected chi connectivity index (χ4v) is 2.33. The van der Waals surface area contributed by atoms with Gasteiger partial charge in [0.1, 0.15) is 10.8 Å². The molecule has 0 fully saturated rings. The summed E-state index contributed by atoms with van der Waals surface area (Å²) in [7, 11) is 0. The molecule has 0 atom stereocenters. The summed E-state index contributed by atoms with van der Waals surface area (Å²) in [6, 6.07) is 3.64. The maximum Gasteiger partial charge on any atom is 0.271 e. The number of carbonyl (C=O) groups excluding carboxylic acids is 1. The molecule has 0 aliphatic carbocycles. The van der Waals surface area contributed by atoms with Gasteiger partial charge in [0.15, 0.2) is 0 Å². The molecule has 0 aromatic carbocycles. The van der Waals surface area contributed by atoms with Crippen LogP contribution in [-0.2, 0) is 6.54 Å². The minimum absolute atomic E-state index is 0.191. The maximum atomic E-state index is 11.7. The predicted molar refractivity (Wildman–Crippen MR) is 67.5 cm³/mol. The first-order chi connectivity index (χ1) is 8.15. The summed E-state index contributed by atoms with van der Waals surface area (Å²) in [4.78, 5) is 20.3. The smallest absolute Gasteiger partial charge is 0.271 e. The zero-order valence-electron chi connectivity index (χ0n) is 8.48. The second kappa shape index (κ2) is 5.44. The molecule has 2 rings (SSSR count). The Labute approximate surface area is 112 Å². The van der Waals surface area contributed by atoms with Crippen molar-refractivity contribution >= 4 is 40.4 Å². The third kappa shape index (κ3) is 3.39. The van der Waals surface area contributed by atoms with Gasteiger partial charge in [-0.1, -0.05) is 23.2 Å². The van der Waals surface area contributed by atoms with Crippen molar-refractivity contribution in [1.29, 1.82) is 0 Å². The quantitative estimate of drug-likeness (QED) is 0.944. The van der Waals surface area contributed by atoms with Gasteiger partial charge in [-0.25, -0.2) is 4.98 Å². The van der Waals surface area contributed by atoms with Crippen LogP contribution < -0.4 is 5.32 Å². The predicted octanol–water partition coefficient (Wildman–Crippen LogP) is 2.77. The van der Waals surface area contributed by atoms with E-state index in [0.29, 0.717) is 10.9 Å². The molecule has 0 saturated carbocycles. The number of aromatic nitrogens is 2. The maximum absolute atomic E-state index is 11.7. The van der Waals surface area contributed by atoms with E-state index >= 15 is 0 Å². The number of nitrogens with zero attached hydrogens (tertiary/aromatic N) is 2. The number of carbonyl (C=O) groups is 1. The van der Waals surface area contributed by atoms with Gasteiger partial charge >= 0.3 is 0 Å². The van der Waals surface area contributed by atoms with E-state index in [4.69, 9.17) is 23.2 Å². The summed E-state index contributed by atoms with van der Waals surface area (Å²) >= 11 is 12.8. The standard InChI is InChI=1S/C10H7Cl2N3OS/c11-8-5-13-4-7(15-8)10(16)14-3-6-1-2-9(12)17-6/h1-2,4-5H,3H2,(H,14,16). The SMILES string of the molecule is O=C(NCc1ccc(Cl)s1)c1cncc(Cl)n1. The van der Waals surface area contributed by atoms with E-state index in [1.807, 2.05) is 6.07 Å². The number of hydrogen-bond donors (Lipinski definition) is 1. The minimum atomic E-state index is -0.315. The van der Waals surface area contributed by atoms with E-state index in [1.54, 1.807) is 6.07 Å². The van der Waals surface area contributed by atoms with Gasteiger partial charge in [0.2, 0.25) is 0 Å². The molecule has 0 aliphatic rings. The van der Waals surface area contributed by atoms with Crippen molar-refractivity contribution in [2.45, 2.75) is 6.54 Å². The van der Waals surface area contributed by atoms with Gasteiger partial charge in [-0.05, 0) is 12.1 Å². The molecule has 7 heteroatoms. The van der Waals surface area contributed by atoms with E-state index in [0.717, 1.165) is 4.88 Å². The molecule has 0 bridgehead atoms. The first kappa shape index (κ1) is 12.3. The monoisotopic (exact) mass is 287 g/mol.